The third-order valence-electron chi connectivity index (χ3n) is 9.52. The molecule has 1 spiro atoms. The number of nitrogens with zero attached hydrogens (tertiary/aromatic N) is 4. The predicted molar refractivity (Wildman–Crippen MR) is 141 cm³/mol. The monoisotopic (exact) mass is 514 g/mol. The maximum atomic E-state index is 13.1. The fourth-order valence-corrected chi connectivity index (χ4v) is 7.10. The Hall–Kier alpha value is -1.83. The molecule has 2 aromatic rings. The van der Waals surface area contributed by atoms with E-state index in [1.165, 1.54) is 38.6 Å². The highest BCUT2D eigenvalue weighted by atomic mass is 35.5. The number of carbonyl (C=O) groups is 1. The van der Waals surface area contributed by atoms with Crippen molar-refractivity contribution in [3.8, 4) is 0 Å². The van der Waals surface area contributed by atoms with Gasteiger partial charge in [-0.15, -0.1) is 0 Å². The minimum absolute atomic E-state index is 0.210. The Morgan fingerprint density at radius 1 is 1.11 bits per heavy atom. The molecular formula is C28H39ClN4O3. The lowest BCUT2D eigenvalue weighted by molar-refractivity contribution is -0.133. The van der Waals surface area contributed by atoms with Crippen LogP contribution in [0.5, 0.6) is 0 Å². The predicted octanol–water partition coefficient (Wildman–Crippen LogP) is 4.97. The van der Waals surface area contributed by atoms with Crippen molar-refractivity contribution in [2.45, 2.75) is 69.4 Å². The molecule has 0 radical (unpaired) electrons. The molecular weight excluding hydrogens is 476 g/mol. The minimum Gasteiger partial charge on any atom is -0.381 e. The number of hydrogen-bond acceptors (Lipinski definition) is 6. The minimum atomic E-state index is 0.210. The number of hydrogen-bond donors (Lipinski definition) is 0. The van der Waals surface area contributed by atoms with Crippen LogP contribution in [-0.4, -0.2) is 78.9 Å². The Balaban J connectivity index is 0.922. The lowest BCUT2D eigenvalue weighted by Crippen LogP contribution is -2.47. The van der Waals surface area contributed by atoms with Gasteiger partial charge in [-0.1, -0.05) is 16.8 Å². The van der Waals surface area contributed by atoms with E-state index >= 15 is 0 Å². The standard InChI is InChI=1S/C28H39ClN4O3/c1-35-23-5-2-21(3-6-23)27(34)33-19-28(33)11-8-20(9-12-28)10-13-31-14-16-32(17-15-31)26-24-7-4-22(29)18-25(24)36-30-26/h4,7,18,20-21,23H,2-3,5-6,8-17,19H2,1H3. The zero-order valence-corrected chi connectivity index (χ0v) is 22.2. The molecule has 7 nitrogen and oxygen atoms in total. The first-order valence-corrected chi connectivity index (χ1v) is 14.3. The Kier molecular flexibility index (Phi) is 6.91. The first-order chi connectivity index (χ1) is 17.5. The van der Waals surface area contributed by atoms with Gasteiger partial charge >= 0.3 is 0 Å². The molecule has 1 aromatic heterocycles. The van der Waals surface area contributed by atoms with Crippen LogP contribution < -0.4 is 4.90 Å². The summed E-state index contributed by atoms with van der Waals surface area (Å²) in [6.45, 7) is 6.25. The van der Waals surface area contributed by atoms with E-state index in [1.807, 2.05) is 18.2 Å². The number of benzene rings is 1. The molecule has 2 aliphatic carbocycles. The molecule has 0 bridgehead atoms. The first kappa shape index (κ1) is 24.5. The molecule has 0 unspecified atom stereocenters. The Labute approximate surface area is 219 Å². The quantitative estimate of drug-likeness (QED) is 0.507. The molecule has 8 heteroatoms. The van der Waals surface area contributed by atoms with Crippen LogP contribution in [0, 0.1) is 11.8 Å². The van der Waals surface area contributed by atoms with E-state index in [4.69, 9.17) is 20.9 Å². The summed E-state index contributed by atoms with van der Waals surface area (Å²) in [6.07, 6.45) is 10.7. The van der Waals surface area contributed by atoms with Crippen molar-refractivity contribution in [2.24, 2.45) is 11.8 Å². The van der Waals surface area contributed by atoms with Gasteiger partial charge in [-0.05, 0) is 82.4 Å². The van der Waals surface area contributed by atoms with Crippen LogP contribution in [0.4, 0.5) is 5.82 Å². The topological polar surface area (TPSA) is 61.8 Å². The van der Waals surface area contributed by atoms with Gasteiger partial charge in [0.1, 0.15) is 0 Å². The number of halogens is 1. The number of methoxy groups -OCH3 is 1. The number of aromatic nitrogens is 1. The van der Waals surface area contributed by atoms with E-state index in [1.54, 1.807) is 7.11 Å². The summed E-state index contributed by atoms with van der Waals surface area (Å²) in [6, 6.07) is 5.74. The van der Waals surface area contributed by atoms with Crippen LogP contribution in [0.3, 0.4) is 0 Å². The molecule has 3 heterocycles. The third kappa shape index (κ3) is 4.86. The number of ether oxygens (including phenoxy) is 1. The van der Waals surface area contributed by atoms with E-state index in [0.717, 1.165) is 81.1 Å². The van der Waals surface area contributed by atoms with Gasteiger partial charge in [0, 0.05) is 56.8 Å². The summed E-state index contributed by atoms with van der Waals surface area (Å²) in [5.41, 5.74) is 0.964. The van der Waals surface area contributed by atoms with Crippen molar-refractivity contribution in [1.29, 1.82) is 0 Å². The van der Waals surface area contributed by atoms with Gasteiger partial charge in [0.25, 0.3) is 0 Å². The number of amides is 1. The average Bonchev–Trinajstić information content (AvgIpc) is 3.45. The van der Waals surface area contributed by atoms with E-state index in [-0.39, 0.29) is 11.5 Å². The molecule has 2 saturated carbocycles. The van der Waals surface area contributed by atoms with Crippen molar-refractivity contribution in [3.63, 3.8) is 0 Å². The summed E-state index contributed by atoms with van der Waals surface area (Å²) < 4.78 is 11.0. The fraction of sp³-hybridized carbons (Fsp3) is 0.714. The second kappa shape index (κ2) is 10.1. The van der Waals surface area contributed by atoms with Crippen LogP contribution in [0.1, 0.15) is 57.8 Å². The van der Waals surface area contributed by atoms with Crippen LogP contribution in [0.2, 0.25) is 5.02 Å². The van der Waals surface area contributed by atoms with E-state index in [9.17, 15) is 4.79 Å². The van der Waals surface area contributed by atoms with Gasteiger partial charge in [0.2, 0.25) is 5.91 Å². The lowest BCUT2D eigenvalue weighted by atomic mass is 9.79. The average molecular weight is 515 g/mol. The molecule has 0 N–H and O–H groups in total. The molecule has 6 rings (SSSR count). The van der Waals surface area contributed by atoms with Gasteiger partial charge in [0.05, 0.1) is 17.0 Å². The Morgan fingerprint density at radius 3 is 2.58 bits per heavy atom. The van der Waals surface area contributed by atoms with Crippen molar-refractivity contribution >= 4 is 34.3 Å². The van der Waals surface area contributed by atoms with E-state index in [2.05, 4.69) is 19.9 Å². The molecule has 1 aromatic carbocycles. The SMILES string of the molecule is COC1CCC(C(=O)N2CC23CCC(CCN2CCN(c4noc5cc(Cl)ccc45)CC2)CC3)CC1. The molecule has 36 heavy (non-hydrogen) atoms. The molecule has 1 amide bonds. The second-order valence-corrected chi connectivity index (χ2v) is 12.0. The summed E-state index contributed by atoms with van der Waals surface area (Å²) in [7, 11) is 1.79. The van der Waals surface area contributed by atoms with Crippen molar-refractivity contribution in [1.82, 2.24) is 15.0 Å². The van der Waals surface area contributed by atoms with Crippen LogP contribution in [0.15, 0.2) is 22.7 Å². The highest BCUT2D eigenvalue weighted by Gasteiger charge is 2.56. The van der Waals surface area contributed by atoms with Gasteiger partial charge in [-0.2, -0.15) is 0 Å². The van der Waals surface area contributed by atoms with Crippen LogP contribution in [0.25, 0.3) is 11.0 Å². The van der Waals surface area contributed by atoms with Crippen molar-refractivity contribution in [2.75, 3.05) is 51.3 Å². The fourth-order valence-electron chi connectivity index (χ4n) is 6.94. The summed E-state index contributed by atoms with van der Waals surface area (Å²) in [5.74, 6) is 2.41. The molecule has 196 valence electrons. The lowest BCUT2D eigenvalue weighted by Gasteiger charge is -2.36. The first-order valence-electron chi connectivity index (χ1n) is 13.9. The number of anilines is 1. The second-order valence-electron chi connectivity index (χ2n) is 11.6. The zero-order chi connectivity index (χ0) is 24.7. The third-order valence-corrected chi connectivity index (χ3v) is 9.76. The Morgan fingerprint density at radius 2 is 1.86 bits per heavy atom. The number of rotatable bonds is 6. The van der Waals surface area contributed by atoms with E-state index in [0.29, 0.717) is 17.0 Å². The molecule has 0 atom stereocenters. The normalized spacial score (nSPS) is 31.3. The zero-order valence-electron chi connectivity index (χ0n) is 21.5. The number of piperazine rings is 1. The van der Waals surface area contributed by atoms with Crippen LogP contribution in [-0.2, 0) is 9.53 Å². The molecule has 4 aliphatic rings. The largest absolute Gasteiger partial charge is 0.381 e. The highest BCUT2D eigenvalue weighted by Crippen LogP contribution is 2.48. The maximum Gasteiger partial charge on any atom is 0.226 e. The van der Waals surface area contributed by atoms with Crippen molar-refractivity contribution < 1.29 is 14.1 Å². The van der Waals surface area contributed by atoms with Crippen molar-refractivity contribution in [3.05, 3.63) is 23.2 Å². The summed E-state index contributed by atoms with van der Waals surface area (Å²) >= 11 is 6.08. The summed E-state index contributed by atoms with van der Waals surface area (Å²) in [4.78, 5) is 20.3. The molecule has 2 saturated heterocycles. The highest BCUT2D eigenvalue weighted by molar-refractivity contribution is 6.31. The molecule has 2 aliphatic heterocycles. The van der Waals surface area contributed by atoms with E-state index < -0.39 is 0 Å². The Bertz CT molecular complexity index is 1070. The van der Waals surface area contributed by atoms with Gasteiger partial charge < -0.3 is 19.1 Å². The number of fused-ring (bicyclic) bond motifs is 1. The molecule has 4 fully saturated rings. The smallest absolute Gasteiger partial charge is 0.226 e. The maximum absolute atomic E-state index is 13.1. The van der Waals surface area contributed by atoms with Gasteiger partial charge in [-0.3, -0.25) is 9.69 Å². The van der Waals surface area contributed by atoms with Gasteiger partial charge in [0.15, 0.2) is 11.4 Å². The number of carbonyl (C=O) groups excluding carboxylic acids is 1. The van der Waals surface area contributed by atoms with Gasteiger partial charge in [-0.25, -0.2) is 0 Å². The summed E-state index contributed by atoms with van der Waals surface area (Å²) in [5, 5.41) is 6.04. The van der Waals surface area contributed by atoms with Crippen LogP contribution >= 0.6 is 11.6 Å².